The summed E-state index contributed by atoms with van der Waals surface area (Å²) in [7, 11) is 4.45. The van der Waals surface area contributed by atoms with Crippen molar-refractivity contribution in [3.05, 3.63) is 29.8 Å². The molecule has 1 saturated carbocycles. The quantitative estimate of drug-likeness (QED) is 0.396. The number of guanidine groups is 1. The minimum absolute atomic E-state index is 0. The van der Waals surface area contributed by atoms with Gasteiger partial charge in [0.1, 0.15) is 0 Å². The molecule has 1 unspecified atom stereocenters. The second kappa shape index (κ2) is 9.30. The van der Waals surface area contributed by atoms with Crippen LogP contribution in [0.25, 0.3) is 0 Å². The summed E-state index contributed by atoms with van der Waals surface area (Å²) in [6.45, 7) is 8.39. The summed E-state index contributed by atoms with van der Waals surface area (Å²) in [5, 5.41) is 3.58. The lowest BCUT2D eigenvalue weighted by atomic mass is 9.81. The largest absolute Gasteiger partial charge is 0.356 e. The van der Waals surface area contributed by atoms with Crippen molar-refractivity contribution in [2.75, 3.05) is 58.3 Å². The Balaban J connectivity index is 0.00000225. The van der Waals surface area contributed by atoms with Crippen molar-refractivity contribution in [3.8, 4) is 0 Å². The van der Waals surface area contributed by atoms with Gasteiger partial charge in [0.15, 0.2) is 5.96 Å². The Morgan fingerprint density at radius 3 is 2.68 bits per heavy atom. The molecule has 5 nitrogen and oxygen atoms in total. The summed E-state index contributed by atoms with van der Waals surface area (Å²) in [5.74, 6) is 1.07. The Morgan fingerprint density at radius 2 is 1.93 bits per heavy atom. The van der Waals surface area contributed by atoms with Crippen LogP contribution in [0.2, 0.25) is 0 Å². The maximum Gasteiger partial charge on any atom is 0.198 e. The van der Waals surface area contributed by atoms with Crippen LogP contribution < -0.4 is 10.2 Å². The molecule has 2 heterocycles. The smallest absolute Gasteiger partial charge is 0.198 e. The van der Waals surface area contributed by atoms with Crippen LogP contribution in [0.15, 0.2) is 29.3 Å². The van der Waals surface area contributed by atoms with Gasteiger partial charge in [0.05, 0.1) is 6.54 Å². The molecule has 0 radical (unpaired) electrons. The Labute approximate surface area is 187 Å². The number of aliphatic imine (C=N–C) groups is 1. The number of hydrogen-bond donors (Lipinski definition) is 1. The molecule has 28 heavy (non-hydrogen) atoms. The topological polar surface area (TPSA) is 34.1 Å². The van der Waals surface area contributed by atoms with Gasteiger partial charge in [-0.05, 0) is 45.5 Å². The van der Waals surface area contributed by atoms with Gasteiger partial charge >= 0.3 is 0 Å². The van der Waals surface area contributed by atoms with Crippen LogP contribution in [0.1, 0.15) is 38.2 Å². The molecule has 1 aromatic rings. The molecule has 2 aliphatic heterocycles. The number of nitrogens with one attached hydrogen (secondary N) is 1. The van der Waals surface area contributed by atoms with E-state index in [1.54, 1.807) is 5.56 Å². The molecule has 1 N–H and O–H groups in total. The van der Waals surface area contributed by atoms with E-state index in [2.05, 4.69) is 65.3 Å². The van der Waals surface area contributed by atoms with E-state index in [0.717, 1.165) is 45.2 Å². The minimum atomic E-state index is 0. The molecule has 6 heteroatoms. The number of hydrogen-bond acceptors (Lipinski definition) is 3. The van der Waals surface area contributed by atoms with Gasteiger partial charge in [-0.3, -0.25) is 9.89 Å². The van der Waals surface area contributed by atoms with Gasteiger partial charge in [0, 0.05) is 49.9 Å². The highest BCUT2D eigenvalue weighted by molar-refractivity contribution is 14.0. The lowest BCUT2D eigenvalue weighted by Crippen LogP contribution is -2.52. The Kier molecular flexibility index (Phi) is 7.26. The fourth-order valence-electron chi connectivity index (χ4n) is 5.18. The molecule has 1 atom stereocenters. The van der Waals surface area contributed by atoms with Gasteiger partial charge in [-0.15, -0.1) is 24.0 Å². The molecular weight excluding hydrogens is 461 g/mol. The summed E-state index contributed by atoms with van der Waals surface area (Å²) >= 11 is 0. The second-order valence-corrected chi connectivity index (χ2v) is 8.68. The third-order valence-corrected chi connectivity index (χ3v) is 6.81. The van der Waals surface area contributed by atoms with Crippen molar-refractivity contribution in [1.82, 2.24) is 15.1 Å². The van der Waals surface area contributed by atoms with Crippen molar-refractivity contribution in [2.45, 2.75) is 44.1 Å². The Bertz CT molecular complexity index is 685. The lowest BCUT2D eigenvalue weighted by Gasteiger charge is -2.37. The lowest BCUT2D eigenvalue weighted by molar-refractivity contribution is 0.119. The first-order valence-corrected chi connectivity index (χ1v) is 10.7. The Hall–Kier alpha value is -0.860. The van der Waals surface area contributed by atoms with E-state index in [4.69, 9.17) is 4.99 Å². The molecular formula is C22H36IN5. The fraction of sp³-hybridized carbons (Fsp3) is 0.682. The van der Waals surface area contributed by atoms with Gasteiger partial charge in [-0.1, -0.05) is 31.0 Å². The van der Waals surface area contributed by atoms with E-state index in [9.17, 15) is 0 Å². The van der Waals surface area contributed by atoms with Crippen LogP contribution in [0, 0.1) is 0 Å². The first kappa shape index (κ1) is 21.8. The number of piperazine rings is 1. The number of likely N-dealkylation sites (N-methyl/N-ethyl adjacent to an activating group) is 2. The average molecular weight is 497 g/mol. The molecule has 3 aliphatic rings. The van der Waals surface area contributed by atoms with Gasteiger partial charge < -0.3 is 15.1 Å². The average Bonchev–Trinajstić information content (AvgIpc) is 3.28. The van der Waals surface area contributed by atoms with E-state index < -0.39 is 0 Å². The van der Waals surface area contributed by atoms with Crippen LogP contribution in [0.4, 0.5) is 5.69 Å². The first-order valence-electron chi connectivity index (χ1n) is 10.7. The number of para-hydroxylation sites is 1. The third-order valence-electron chi connectivity index (χ3n) is 6.81. The van der Waals surface area contributed by atoms with Gasteiger partial charge in [0.25, 0.3) is 0 Å². The molecule has 1 aliphatic carbocycles. The second-order valence-electron chi connectivity index (χ2n) is 8.68. The number of fused-ring (bicyclic) bond motifs is 2. The zero-order chi connectivity index (χ0) is 18.9. The molecule has 4 rings (SSSR count). The number of nitrogens with zero attached hydrogens (tertiary/aromatic N) is 4. The zero-order valence-corrected chi connectivity index (χ0v) is 20.0. The van der Waals surface area contributed by atoms with Gasteiger partial charge in [-0.25, -0.2) is 0 Å². The third kappa shape index (κ3) is 4.19. The molecule has 1 aromatic carbocycles. The predicted molar refractivity (Wildman–Crippen MR) is 129 cm³/mol. The van der Waals surface area contributed by atoms with E-state index in [0.29, 0.717) is 11.5 Å². The number of rotatable bonds is 3. The summed E-state index contributed by atoms with van der Waals surface area (Å²) in [4.78, 5) is 12.5. The fourth-order valence-corrected chi connectivity index (χ4v) is 5.18. The molecule has 0 bridgehead atoms. The summed E-state index contributed by atoms with van der Waals surface area (Å²) in [6.07, 6.45) is 5.34. The van der Waals surface area contributed by atoms with Crippen LogP contribution in [-0.4, -0.2) is 75.2 Å². The maximum absolute atomic E-state index is 5.12. The maximum atomic E-state index is 5.12. The minimum Gasteiger partial charge on any atom is -0.356 e. The summed E-state index contributed by atoms with van der Waals surface area (Å²) in [6, 6.07) is 9.52. The predicted octanol–water partition coefficient (Wildman–Crippen LogP) is 3.15. The monoisotopic (exact) mass is 497 g/mol. The van der Waals surface area contributed by atoms with E-state index in [1.807, 2.05) is 0 Å². The highest BCUT2D eigenvalue weighted by atomic mass is 127. The number of benzene rings is 1. The van der Waals surface area contributed by atoms with Crippen molar-refractivity contribution in [2.24, 2.45) is 4.99 Å². The van der Waals surface area contributed by atoms with Crippen LogP contribution in [-0.2, 0) is 5.41 Å². The van der Waals surface area contributed by atoms with Crippen molar-refractivity contribution >= 4 is 35.6 Å². The molecule has 1 spiro atoms. The van der Waals surface area contributed by atoms with E-state index in [1.165, 1.54) is 31.4 Å². The van der Waals surface area contributed by atoms with Gasteiger partial charge in [0.2, 0.25) is 0 Å². The van der Waals surface area contributed by atoms with E-state index in [-0.39, 0.29) is 24.0 Å². The van der Waals surface area contributed by atoms with Crippen molar-refractivity contribution < 1.29 is 0 Å². The van der Waals surface area contributed by atoms with E-state index >= 15 is 0 Å². The highest BCUT2D eigenvalue weighted by Crippen LogP contribution is 2.50. The van der Waals surface area contributed by atoms with Crippen LogP contribution in [0.3, 0.4) is 0 Å². The normalized spacial score (nSPS) is 25.0. The summed E-state index contributed by atoms with van der Waals surface area (Å²) in [5.41, 5.74) is 3.25. The molecule has 0 amide bonds. The first-order chi connectivity index (χ1) is 13.1. The zero-order valence-electron chi connectivity index (χ0n) is 17.7. The SMILES string of the molecule is CCNC(=NCC1CN(C)CCN1C)N1CC2(CCCC2)c2ccccc21.I. The van der Waals surface area contributed by atoms with Crippen LogP contribution >= 0.6 is 24.0 Å². The standard InChI is InChI=1S/C22H35N5.HI/c1-4-23-21(24-15-18-16-25(2)13-14-26(18)3)27-17-22(11-7-8-12-22)19-9-5-6-10-20(19)27;/h5-6,9-10,18H,4,7-8,11-17H2,1-3H3,(H,23,24);1H. The Morgan fingerprint density at radius 1 is 1.18 bits per heavy atom. The molecule has 1 saturated heterocycles. The number of anilines is 1. The van der Waals surface area contributed by atoms with Crippen LogP contribution in [0.5, 0.6) is 0 Å². The van der Waals surface area contributed by atoms with Crippen molar-refractivity contribution in [3.63, 3.8) is 0 Å². The molecule has 0 aromatic heterocycles. The highest BCUT2D eigenvalue weighted by Gasteiger charge is 2.45. The molecule has 2 fully saturated rings. The van der Waals surface area contributed by atoms with Gasteiger partial charge in [-0.2, -0.15) is 0 Å². The number of halogens is 1. The summed E-state index contributed by atoms with van der Waals surface area (Å²) < 4.78 is 0. The molecule has 156 valence electrons. The van der Waals surface area contributed by atoms with Crippen molar-refractivity contribution in [1.29, 1.82) is 0 Å².